The Morgan fingerprint density at radius 3 is 2.82 bits per heavy atom. The topological polar surface area (TPSA) is 68.7 Å². The van der Waals surface area contributed by atoms with Crippen molar-refractivity contribution in [3.8, 4) is 0 Å². The average molecular weight is 394 g/mol. The molecule has 3 unspecified atom stereocenters. The molecule has 0 N–H and O–H groups in total. The molecular formula is C21H18N2O4S. The van der Waals surface area contributed by atoms with Gasteiger partial charge in [-0.25, -0.2) is 9.78 Å². The van der Waals surface area contributed by atoms with E-state index in [0.29, 0.717) is 16.3 Å². The van der Waals surface area contributed by atoms with Crippen molar-refractivity contribution < 1.29 is 19.1 Å². The Labute approximate surface area is 166 Å². The van der Waals surface area contributed by atoms with Gasteiger partial charge in [-0.3, -0.25) is 9.69 Å². The summed E-state index contributed by atoms with van der Waals surface area (Å²) in [5.74, 6) is -0.579. The highest BCUT2D eigenvalue weighted by molar-refractivity contribution is 7.13. The van der Waals surface area contributed by atoms with E-state index >= 15 is 0 Å². The second-order valence-corrected chi connectivity index (χ2v) is 8.07. The zero-order valence-electron chi connectivity index (χ0n) is 15.4. The van der Waals surface area contributed by atoms with Gasteiger partial charge in [0.1, 0.15) is 0 Å². The van der Waals surface area contributed by atoms with Gasteiger partial charge >= 0.3 is 5.97 Å². The van der Waals surface area contributed by atoms with E-state index in [-0.39, 0.29) is 23.8 Å². The van der Waals surface area contributed by atoms with Gasteiger partial charge in [-0.1, -0.05) is 24.3 Å². The number of hydrogen-bond donors (Lipinski definition) is 0. The summed E-state index contributed by atoms with van der Waals surface area (Å²) in [6, 6.07) is 8.16. The molecule has 6 nitrogen and oxygen atoms in total. The molecule has 1 fully saturated rings. The summed E-state index contributed by atoms with van der Waals surface area (Å²) in [7, 11) is 0. The minimum Gasteiger partial charge on any atom is -0.458 e. The number of fused-ring (bicyclic) bond motifs is 3. The summed E-state index contributed by atoms with van der Waals surface area (Å²) in [6.07, 6.45) is 3.18. The number of aromatic nitrogens is 1. The van der Waals surface area contributed by atoms with E-state index in [4.69, 9.17) is 9.47 Å². The van der Waals surface area contributed by atoms with Crippen LogP contribution in [0.3, 0.4) is 0 Å². The summed E-state index contributed by atoms with van der Waals surface area (Å²) < 4.78 is 11.0. The second-order valence-electron chi connectivity index (χ2n) is 7.19. The highest BCUT2D eigenvalue weighted by atomic mass is 32.1. The Balaban J connectivity index is 1.53. The molecule has 2 aliphatic heterocycles. The van der Waals surface area contributed by atoms with Gasteiger partial charge in [0.15, 0.2) is 5.13 Å². The van der Waals surface area contributed by atoms with Crippen LogP contribution >= 0.6 is 11.3 Å². The highest BCUT2D eigenvalue weighted by Gasteiger charge is 2.51. The number of hydrogen-bond acceptors (Lipinski definition) is 6. The predicted molar refractivity (Wildman–Crippen MR) is 104 cm³/mol. The van der Waals surface area contributed by atoms with E-state index in [1.807, 2.05) is 17.5 Å². The normalized spacial score (nSPS) is 27.4. The van der Waals surface area contributed by atoms with Crippen molar-refractivity contribution in [3.05, 3.63) is 70.0 Å². The van der Waals surface area contributed by atoms with Crippen molar-refractivity contribution in [3.63, 3.8) is 0 Å². The molecule has 0 spiro atoms. The minimum atomic E-state index is -0.781. The Bertz CT molecular complexity index is 1040. The number of benzene rings is 1. The van der Waals surface area contributed by atoms with Crippen molar-refractivity contribution in [2.45, 2.75) is 38.5 Å². The molecule has 2 aromatic rings. The van der Waals surface area contributed by atoms with Gasteiger partial charge in [-0.05, 0) is 31.4 Å². The minimum absolute atomic E-state index is 0.0181. The van der Waals surface area contributed by atoms with Crippen LogP contribution in [-0.4, -0.2) is 29.2 Å². The Kier molecular flexibility index (Phi) is 3.87. The largest absolute Gasteiger partial charge is 0.458 e. The number of amides is 1. The first-order valence-electron chi connectivity index (χ1n) is 9.11. The van der Waals surface area contributed by atoms with Crippen molar-refractivity contribution >= 4 is 28.3 Å². The lowest BCUT2D eigenvalue weighted by Crippen LogP contribution is -2.34. The number of esters is 1. The average Bonchev–Trinajstić information content (AvgIpc) is 3.43. The molecule has 1 aliphatic carbocycles. The quantitative estimate of drug-likeness (QED) is 0.454. The van der Waals surface area contributed by atoms with Crippen LogP contribution < -0.4 is 4.90 Å². The monoisotopic (exact) mass is 394 g/mol. The summed E-state index contributed by atoms with van der Waals surface area (Å²) in [5.41, 5.74) is 4.22. The number of thiazole rings is 1. The Morgan fingerprint density at radius 1 is 1.29 bits per heavy atom. The van der Waals surface area contributed by atoms with Gasteiger partial charge in [0.2, 0.25) is 0 Å². The number of carbonyl (C=O) groups excluding carboxylic acids is 2. The van der Waals surface area contributed by atoms with Gasteiger partial charge in [0.25, 0.3) is 12.2 Å². The number of nitrogens with zero attached hydrogens (tertiary/aromatic N) is 2. The molecule has 3 heterocycles. The van der Waals surface area contributed by atoms with E-state index in [9.17, 15) is 9.59 Å². The maximum atomic E-state index is 13.3. The molecule has 7 heteroatoms. The molecule has 1 aromatic heterocycles. The van der Waals surface area contributed by atoms with Crippen LogP contribution in [0.1, 0.15) is 30.9 Å². The van der Waals surface area contributed by atoms with E-state index in [2.05, 4.69) is 17.1 Å². The molecule has 142 valence electrons. The molecule has 28 heavy (non-hydrogen) atoms. The van der Waals surface area contributed by atoms with Crippen molar-refractivity contribution in [2.75, 3.05) is 4.90 Å². The van der Waals surface area contributed by atoms with E-state index in [1.165, 1.54) is 23.2 Å². The summed E-state index contributed by atoms with van der Waals surface area (Å²) in [5, 5.41) is 2.56. The number of ether oxygens (including phenoxy) is 2. The second kappa shape index (κ2) is 6.31. The molecule has 0 radical (unpaired) electrons. The fraction of sp³-hybridized carbons (Fsp3) is 0.286. The fourth-order valence-corrected chi connectivity index (χ4v) is 4.87. The predicted octanol–water partition coefficient (Wildman–Crippen LogP) is 3.32. The smallest absolute Gasteiger partial charge is 0.337 e. The lowest BCUT2D eigenvalue weighted by Gasteiger charge is -2.20. The lowest BCUT2D eigenvalue weighted by molar-refractivity contribution is -0.153. The summed E-state index contributed by atoms with van der Waals surface area (Å²) in [4.78, 5) is 31.1. The van der Waals surface area contributed by atoms with Gasteiger partial charge in [-0.2, -0.15) is 0 Å². The molecule has 0 saturated carbocycles. The molecule has 3 aliphatic rings. The van der Waals surface area contributed by atoms with Gasteiger partial charge in [0.05, 0.1) is 17.9 Å². The highest BCUT2D eigenvalue weighted by Crippen LogP contribution is 2.48. The third kappa shape index (κ3) is 2.43. The zero-order chi connectivity index (χ0) is 19.4. The molecule has 1 saturated heterocycles. The van der Waals surface area contributed by atoms with Crippen LogP contribution in [0.25, 0.3) is 0 Å². The van der Waals surface area contributed by atoms with Crippen molar-refractivity contribution in [1.29, 1.82) is 0 Å². The van der Waals surface area contributed by atoms with E-state index < -0.39 is 6.29 Å². The van der Waals surface area contributed by atoms with Crippen LogP contribution in [0.5, 0.6) is 0 Å². The first-order chi connectivity index (χ1) is 13.6. The Hall–Kier alpha value is -2.93. The zero-order valence-corrected chi connectivity index (χ0v) is 16.2. The molecular weight excluding hydrogens is 376 g/mol. The van der Waals surface area contributed by atoms with Gasteiger partial charge < -0.3 is 9.47 Å². The van der Waals surface area contributed by atoms with Crippen molar-refractivity contribution in [1.82, 2.24) is 4.98 Å². The van der Waals surface area contributed by atoms with Crippen molar-refractivity contribution in [2.24, 2.45) is 0 Å². The third-order valence-corrected chi connectivity index (χ3v) is 6.52. The molecule has 3 atom stereocenters. The number of carbonyl (C=O) groups is 2. The lowest BCUT2D eigenvalue weighted by atomic mass is 9.94. The van der Waals surface area contributed by atoms with Gasteiger partial charge in [0, 0.05) is 28.6 Å². The Morgan fingerprint density at radius 2 is 2.11 bits per heavy atom. The van der Waals surface area contributed by atoms with E-state index in [0.717, 1.165) is 17.6 Å². The number of anilines is 1. The number of cyclic esters (lactones) is 1. The first-order valence-corrected chi connectivity index (χ1v) is 9.99. The van der Waals surface area contributed by atoms with Crippen LogP contribution in [-0.2, 0) is 25.5 Å². The van der Waals surface area contributed by atoms with E-state index in [1.54, 1.807) is 24.9 Å². The molecule has 0 bridgehead atoms. The van der Waals surface area contributed by atoms with Crippen LogP contribution in [0.2, 0.25) is 0 Å². The SMILES string of the molecule is CC1=C(C)C(O/C=C2/C(=O)N(c3nccs3)C3Cc4ccccc4C23)OC1=O. The van der Waals surface area contributed by atoms with Crippen LogP contribution in [0.4, 0.5) is 5.13 Å². The summed E-state index contributed by atoms with van der Waals surface area (Å²) >= 11 is 1.45. The van der Waals surface area contributed by atoms with Crippen LogP contribution in [0.15, 0.2) is 58.8 Å². The maximum absolute atomic E-state index is 13.3. The number of rotatable bonds is 3. The molecule has 1 amide bonds. The maximum Gasteiger partial charge on any atom is 0.337 e. The molecule has 5 rings (SSSR count). The van der Waals surface area contributed by atoms with Gasteiger partial charge in [-0.15, -0.1) is 11.3 Å². The fourth-order valence-electron chi connectivity index (χ4n) is 4.18. The molecule has 1 aromatic carbocycles. The van der Waals surface area contributed by atoms with Crippen LogP contribution in [0, 0.1) is 0 Å². The first kappa shape index (κ1) is 17.2. The standard InChI is InChI=1S/C21H18N2O4S/c1-11-12(2)20(27-19(11)25)26-10-15-17-14-6-4-3-5-13(14)9-16(17)23(18(15)24)21-22-7-8-28-21/h3-8,10,16-17,20H,9H2,1-2H3/b15-10+. The summed E-state index contributed by atoms with van der Waals surface area (Å²) in [6.45, 7) is 3.51. The third-order valence-electron chi connectivity index (χ3n) is 5.75.